The molecule has 5 heteroatoms. The van der Waals surface area contributed by atoms with Gasteiger partial charge in [-0.05, 0) is 36.0 Å². The molecule has 1 aliphatic rings. The van der Waals surface area contributed by atoms with Crippen LogP contribution in [0.2, 0.25) is 0 Å². The molecule has 3 rings (SSSR count). The van der Waals surface area contributed by atoms with Gasteiger partial charge >= 0.3 is 6.09 Å². The molecule has 20 heavy (non-hydrogen) atoms. The molecular formula is C15H15N3O2. The van der Waals surface area contributed by atoms with Gasteiger partial charge in [0.25, 0.3) is 0 Å². The summed E-state index contributed by atoms with van der Waals surface area (Å²) >= 11 is 0. The number of nitrogens with one attached hydrogen (secondary N) is 1. The van der Waals surface area contributed by atoms with Gasteiger partial charge in [0.15, 0.2) is 0 Å². The number of hydrogen-bond acceptors (Lipinski definition) is 3. The van der Waals surface area contributed by atoms with E-state index < -0.39 is 6.09 Å². The van der Waals surface area contributed by atoms with E-state index in [9.17, 15) is 4.79 Å². The molecule has 0 saturated heterocycles. The fraction of sp³-hybridized carbons (Fsp3) is 0.267. The van der Waals surface area contributed by atoms with Crippen LogP contribution in [-0.2, 0) is 6.42 Å². The molecule has 2 N–H and O–H groups in total. The van der Waals surface area contributed by atoms with E-state index in [2.05, 4.69) is 21.4 Å². The van der Waals surface area contributed by atoms with Gasteiger partial charge in [0.1, 0.15) is 6.33 Å². The van der Waals surface area contributed by atoms with Crippen LogP contribution in [-0.4, -0.2) is 21.2 Å². The Morgan fingerprint density at radius 2 is 2.05 bits per heavy atom. The third-order valence-corrected chi connectivity index (χ3v) is 3.65. The summed E-state index contributed by atoms with van der Waals surface area (Å²) in [4.78, 5) is 18.9. The van der Waals surface area contributed by atoms with Crippen molar-refractivity contribution in [3.05, 3.63) is 48.0 Å². The van der Waals surface area contributed by atoms with Crippen molar-refractivity contribution < 1.29 is 9.90 Å². The first-order valence-electron chi connectivity index (χ1n) is 6.62. The standard InChI is InChI=1S/C15H15N3O2/c19-15(20)18-14-3-1-2-11-6-10(4-5-13(11)14)12-7-16-9-17-8-12/h4-9,14,18H,1-3H2,(H,19,20). The predicted molar refractivity (Wildman–Crippen MR) is 74.3 cm³/mol. The summed E-state index contributed by atoms with van der Waals surface area (Å²) in [6, 6.07) is 6.03. The zero-order valence-corrected chi connectivity index (χ0v) is 10.9. The molecular weight excluding hydrogens is 254 g/mol. The van der Waals surface area contributed by atoms with Crippen LogP contribution in [0, 0.1) is 0 Å². The molecule has 5 nitrogen and oxygen atoms in total. The molecule has 0 bridgehead atoms. The molecule has 2 aromatic rings. The summed E-state index contributed by atoms with van der Waals surface area (Å²) in [5, 5.41) is 11.5. The number of carboxylic acid groups (broad SMARTS) is 1. The smallest absolute Gasteiger partial charge is 0.405 e. The first-order valence-corrected chi connectivity index (χ1v) is 6.62. The van der Waals surface area contributed by atoms with Crippen molar-refractivity contribution >= 4 is 6.09 Å². The third kappa shape index (κ3) is 2.47. The molecule has 1 heterocycles. The van der Waals surface area contributed by atoms with E-state index in [-0.39, 0.29) is 6.04 Å². The van der Waals surface area contributed by atoms with E-state index in [1.54, 1.807) is 12.4 Å². The SMILES string of the molecule is O=C(O)NC1CCCc2cc(-c3cncnc3)ccc21. The maximum Gasteiger partial charge on any atom is 0.405 e. The number of amides is 1. The molecule has 0 radical (unpaired) electrons. The number of carbonyl (C=O) groups is 1. The van der Waals surface area contributed by atoms with E-state index in [1.807, 2.05) is 12.1 Å². The Morgan fingerprint density at radius 3 is 2.80 bits per heavy atom. The molecule has 0 fully saturated rings. The van der Waals surface area contributed by atoms with Crippen LogP contribution in [0.3, 0.4) is 0 Å². The van der Waals surface area contributed by atoms with Crippen LogP contribution in [0.25, 0.3) is 11.1 Å². The number of aryl methyl sites for hydroxylation is 1. The molecule has 1 atom stereocenters. The highest BCUT2D eigenvalue weighted by Crippen LogP contribution is 2.32. The lowest BCUT2D eigenvalue weighted by Gasteiger charge is -2.25. The van der Waals surface area contributed by atoms with Crippen molar-refractivity contribution in [1.82, 2.24) is 15.3 Å². The van der Waals surface area contributed by atoms with E-state index in [1.165, 1.54) is 11.9 Å². The molecule has 1 aliphatic carbocycles. The quantitative estimate of drug-likeness (QED) is 0.879. The average molecular weight is 269 g/mol. The Hall–Kier alpha value is -2.43. The highest BCUT2D eigenvalue weighted by atomic mass is 16.4. The van der Waals surface area contributed by atoms with E-state index in [4.69, 9.17) is 5.11 Å². The normalized spacial score (nSPS) is 17.3. The van der Waals surface area contributed by atoms with E-state index in [0.29, 0.717) is 0 Å². The zero-order chi connectivity index (χ0) is 13.9. The molecule has 1 aromatic heterocycles. The van der Waals surface area contributed by atoms with Gasteiger partial charge in [0, 0.05) is 18.0 Å². The lowest BCUT2D eigenvalue weighted by molar-refractivity contribution is 0.188. The van der Waals surface area contributed by atoms with Crippen LogP contribution >= 0.6 is 0 Å². The Bertz CT molecular complexity index is 628. The van der Waals surface area contributed by atoms with Gasteiger partial charge in [-0.2, -0.15) is 0 Å². The van der Waals surface area contributed by atoms with Gasteiger partial charge in [-0.15, -0.1) is 0 Å². The number of fused-ring (bicyclic) bond motifs is 1. The minimum Gasteiger partial charge on any atom is -0.465 e. The van der Waals surface area contributed by atoms with Crippen LogP contribution in [0.4, 0.5) is 4.79 Å². The van der Waals surface area contributed by atoms with Gasteiger partial charge < -0.3 is 10.4 Å². The second-order valence-corrected chi connectivity index (χ2v) is 4.94. The molecule has 102 valence electrons. The van der Waals surface area contributed by atoms with Gasteiger partial charge in [-0.3, -0.25) is 0 Å². The summed E-state index contributed by atoms with van der Waals surface area (Å²) in [6.45, 7) is 0. The summed E-state index contributed by atoms with van der Waals surface area (Å²) in [5.74, 6) is 0. The number of aromatic nitrogens is 2. The van der Waals surface area contributed by atoms with Crippen LogP contribution in [0.1, 0.15) is 30.0 Å². The third-order valence-electron chi connectivity index (χ3n) is 3.65. The highest BCUT2D eigenvalue weighted by molar-refractivity contribution is 5.67. The van der Waals surface area contributed by atoms with Gasteiger partial charge in [-0.25, -0.2) is 14.8 Å². The van der Waals surface area contributed by atoms with Crippen molar-refractivity contribution in [2.75, 3.05) is 0 Å². The molecule has 1 aromatic carbocycles. The van der Waals surface area contributed by atoms with E-state index in [0.717, 1.165) is 36.0 Å². The molecule has 0 aliphatic heterocycles. The predicted octanol–water partition coefficient (Wildman–Crippen LogP) is 2.79. The second kappa shape index (κ2) is 5.28. The number of nitrogens with zero attached hydrogens (tertiary/aromatic N) is 2. The topological polar surface area (TPSA) is 75.1 Å². The Kier molecular flexibility index (Phi) is 3.33. The summed E-state index contributed by atoms with van der Waals surface area (Å²) < 4.78 is 0. The van der Waals surface area contributed by atoms with Crippen molar-refractivity contribution in [2.45, 2.75) is 25.3 Å². The summed E-state index contributed by atoms with van der Waals surface area (Å²) in [7, 11) is 0. The Balaban J connectivity index is 1.95. The van der Waals surface area contributed by atoms with Crippen LogP contribution in [0.15, 0.2) is 36.9 Å². The summed E-state index contributed by atoms with van der Waals surface area (Å²) in [5.41, 5.74) is 4.33. The van der Waals surface area contributed by atoms with Crippen molar-refractivity contribution in [3.63, 3.8) is 0 Å². The minimum atomic E-state index is -0.969. The Morgan fingerprint density at radius 1 is 1.25 bits per heavy atom. The number of hydrogen-bond donors (Lipinski definition) is 2. The lowest BCUT2D eigenvalue weighted by atomic mass is 9.86. The average Bonchev–Trinajstić information content (AvgIpc) is 2.47. The first-order chi connectivity index (χ1) is 9.74. The second-order valence-electron chi connectivity index (χ2n) is 4.94. The minimum absolute atomic E-state index is 0.0997. The molecule has 0 spiro atoms. The molecule has 1 amide bonds. The summed E-state index contributed by atoms with van der Waals surface area (Å²) in [6.07, 6.45) is 6.93. The highest BCUT2D eigenvalue weighted by Gasteiger charge is 2.21. The largest absolute Gasteiger partial charge is 0.465 e. The van der Waals surface area contributed by atoms with E-state index >= 15 is 0 Å². The van der Waals surface area contributed by atoms with Gasteiger partial charge in [0.2, 0.25) is 0 Å². The van der Waals surface area contributed by atoms with Crippen molar-refractivity contribution in [3.8, 4) is 11.1 Å². The maximum atomic E-state index is 10.8. The number of benzene rings is 1. The molecule has 1 unspecified atom stereocenters. The fourth-order valence-electron chi connectivity index (χ4n) is 2.74. The zero-order valence-electron chi connectivity index (χ0n) is 10.9. The van der Waals surface area contributed by atoms with Crippen molar-refractivity contribution in [1.29, 1.82) is 0 Å². The van der Waals surface area contributed by atoms with Crippen molar-refractivity contribution in [2.24, 2.45) is 0 Å². The van der Waals surface area contributed by atoms with Crippen LogP contribution < -0.4 is 5.32 Å². The fourth-order valence-corrected chi connectivity index (χ4v) is 2.74. The lowest BCUT2D eigenvalue weighted by Crippen LogP contribution is -2.29. The first kappa shape index (κ1) is 12.6. The Labute approximate surface area is 116 Å². The number of rotatable bonds is 2. The van der Waals surface area contributed by atoms with Gasteiger partial charge in [-0.1, -0.05) is 18.2 Å². The monoisotopic (exact) mass is 269 g/mol. The molecule has 0 saturated carbocycles. The van der Waals surface area contributed by atoms with Gasteiger partial charge in [0.05, 0.1) is 6.04 Å². The van der Waals surface area contributed by atoms with Crippen LogP contribution in [0.5, 0.6) is 0 Å². The maximum absolute atomic E-state index is 10.8.